The zero-order valence-corrected chi connectivity index (χ0v) is 12.9. The molecule has 3 heteroatoms. The second kappa shape index (κ2) is 5.84. The predicted octanol–water partition coefficient (Wildman–Crippen LogP) is 4.57. The van der Waals surface area contributed by atoms with Gasteiger partial charge in [0.05, 0.1) is 5.56 Å². The molecule has 0 aromatic heterocycles. The van der Waals surface area contributed by atoms with E-state index in [1.54, 1.807) is 18.2 Å². The SMILES string of the molecule is CC(C)c1ccc2c(c1)CCC(c1cccc(C(=O)O)c1)O2. The van der Waals surface area contributed by atoms with Crippen molar-refractivity contribution >= 4 is 5.97 Å². The molecule has 1 N–H and O–H groups in total. The first-order valence-electron chi connectivity index (χ1n) is 7.67. The number of fused-ring (bicyclic) bond motifs is 1. The summed E-state index contributed by atoms with van der Waals surface area (Å²) in [5.41, 5.74) is 3.81. The highest BCUT2D eigenvalue weighted by Crippen LogP contribution is 2.36. The molecule has 0 aliphatic carbocycles. The van der Waals surface area contributed by atoms with E-state index in [4.69, 9.17) is 9.84 Å². The second-order valence-electron chi connectivity index (χ2n) is 6.10. The Balaban J connectivity index is 1.85. The van der Waals surface area contributed by atoms with Gasteiger partial charge in [-0.2, -0.15) is 0 Å². The molecule has 0 saturated heterocycles. The van der Waals surface area contributed by atoms with E-state index in [0.29, 0.717) is 11.5 Å². The average Bonchev–Trinajstić information content (AvgIpc) is 2.53. The maximum absolute atomic E-state index is 11.1. The molecule has 1 atom stereocenters. The van der Waals surface area contributed by atoms with Crippen LogP contribution in [-0.4, -0.2) is 11.1 Å². The van der Waals surface area contributed by atoms with E-state index in [1.165, 1.54) is 11.1 Å². The van der Waals surface area contributed by atoms with Crippen LogP contribution in [0.1, 0.15) is 59.3 Å². The van der Waals surface area contributed by atoms with Gasteiger partial charge in [-0.15, -0.1) is 0 Å². The molecule has 0 spiro atoms. The average molecular weight is 296 g/mol. The fraction of sp³-hybridized carbons (Fsp3) is 0.316. The van der Waals surface area contributed by atoms with Gasteiger partial charge in [0.2, 0.25) is 0 Å². The fourth-order valence-electron chi connectivity index (χ4n) is 2.87. The molecule has 1 heterocycles. The van der Waals surface area contributed by atoms with Crippen LogP contribution in [0.3, 0.4) is 0 Å². The summed E-state index contributed by atoms with van der Waals surface area (Å²) >= 11 is 0. The first kappa shape index (κ1) is 14.6. The first-order chi connectivity index (χ1) is 10.5. The van der Waals surface area contributed by atoms with Crippen LogP contribution in [0.4, 0.5) is 0 Å². The minimum atomic E-state index is -0.903. The topological polar surface area (TPSA) is 46.5 Å². The van der Waals surface area contributed by atoms with Gasteiger partial charge in [-0.1, -0.05) is 38.1 Å². The Hall–Kier alpha value is -2.29. The number of carboxylic acid groups (broad SMARTS) is 1. The molecule has 0 bridgehead atoms. The van der Waals surface area contributed by atoms with Gasteiger partial charge in [0, 0.05) is 0 Å². The molecule has 2 aromatic carbocycles. The highest BCUT2D eigenvalue weighted by Gasteiger charge is 2.22. The van der Waals surface area contributed by atoms with Gasteiger partial charge in [0.25, 0.3) is 0 Å². The number of hydrogen-bond acceptors (Lipinski definition) is 2. The van der Waals surface area contributed by atoms with Crippen LogP contribution >= 0.6 is 0 Å². The minimum Gasteiger partial charge on any atom is -0.485 e. The summed E-state index contributed by atoms with van der Waals surface area (Å²) in [4.78, 5) is 11.1. The van der Waals surface area contributed by atoms with Crippen molar-refractivity contribution in [3.05, 3.63) is 64.7 Å². The number of ether oxygens (including phenoxy) is 1. The highest BCUT2D eigenvalue weighted by molar-refractivity contribution is 5.87. The standard InChI is InChI=1S/C19H20O3/c1-12(2)13-6-8-18-15(10-13)7-9-17(22-18)14-4-3-5-16(11-14)19(20)21/h3-6,8,10-12,17H,7,9H2,1-2H3,(H,20,21). The molecule has 3 rings (SSSR count). The Bertz CT molecular complexity index is 704. The number of benzene rings is 2. The number of hydrogen-bond donors (Lipinski definition) is 1. The third-order valence-electron chi connectivity index (χ3n) is 4.20. The summed E-state index contributed by atoms with van der Waals surface area (Å²) in [5.74, 6) is 0.524. The van der Waals surface area contributed by atoms with Crippen molar-refractivity contribution in [1.29, 1.82) is 0 Å². The van der Waals surface area contributed by atoms with E-state index in [9.17, 15) is 4.79 Å². The van der Waals surface area contributed by atoms with Crippen LogP contribution in [0.25, 0.3) is 0 Å². The van der Waals surface area contributed by atoms with Gasteiger partial charge in [-0.25, -0.2) is 4.79 Å². The summed E-state index contributed by atoms with van der Waals surface area (Å²) in [6.45, 7) is 4.37. The van der Waals surface area contributed by atoms with Crippen molar-refractivity contribution < 1.29 is 14.6 Å². The first-order valence-corrected chi connectivity index (χ1v) is 7.67. The monoisotopic (exact) mass is 296 g/mol. The predicted molar refractivity (Wildman–Crippen MR) is 85.6 cm³/mol. The number of rotatable bonds is 3. The van der Waals surface area contributed by atoms with E-state index in [-0.39, 0.29) is 6.10 Å². The molecular weight excluding hydrogens is 276 g/mol. The highest BCUT2D eigenvalue weighted by atomic mass is 16.5. The van der Waals surface area contributed by atoms with Crippen LogP contribution in [0.5, 0.6) is 5.75 Å². The van der Waals surface area contributed by atoms with Crippen LogP contribution in [0, 0.1) is 0 Å². The lowest BCUT2D eigenvalue weighted by Crippen LogP contribution is -2.16. The van der Waals surface area contributed by atoms with Gasteiger partial charge in [-0.05, 0) is 53.6 Å². The molecule has 114 valence electrons. The van der Waals surface area contributed by atoms with Gasteiger partial charge in [0.1, 0.15) is 11.9 Å². The maximum Gasteiger partial charge on any atom is 0.335 e. The van der Waals surface area contributed by atoms with E-state index < -0.39 is 5.97 Å². The van der Waals surface area contributed by atoms with Gasteiger partial charge < -0.3 is 9.84 Å². The van der Waals surface area contributed by atoms with Crippen LogP contribution in [0.2, 0.25) is 0 Å². The lowest BCUT2D eigenvalue weighted by Gasteiger charge is -2.27. The number of carbonyl (C=O) groups is 1. The number of aryl methyl sites for hydroxylation is 1. The molecule has 22 heavy (non-hydrogen) atoms. The molecular formula is C19H20O3. The minimum absolute atomic E-state index is 0.0725. The largest absolute Gasteiger partial charge is 0.485 e. The van der Waals surface area contributed by atoms with Crippen molar-refractivity contribution in [2.75, 3.05) is 0 Å². The maximum atomic E-state index is 11.1. The summed E-state index contributed by atoms with van der Waals surface area (Å²) in [5, 5.41) is 9.11. The van der Waals surface area contributed by atoms with Crippen molar-refractivity contribution in [3.8, 4) is 5.75 Å². The summed E-state index contributed by atoms with van der Waals surface area (Å²) in [7, 11) is 0. The summed E-state index contributed by atoms with van der Waals surface area (Å²) < 4.78 is 6.09. The lowest BCUT2D eigenvalue weighted by atomic mass is 9.93. The van der Waals surface area contributed by atoms with Crippen molar-refractivity contribution in [2.24, 2.45) is 0 Å². The van der Waals surface area contributed by atoms with Gasteiger partial charge in [-0.3, -0.25) is 0 Å². The van der Waals surface area contributed by atoms with E-state index >= 15 is 0 Å². The van der Waals surface area contributed by atoms with Gasteiger partial charge >= 0.3 is 5.97 Å². The Labute approximate surface area is 130 Å². The van der Waals surface area contributed by atoms with Crippen LogP contribution < -0.4 is 4.74 Å². The normalized spacial score (nSPS) is 17.0. The fourth-order valence-corrected chi connectivity index (χ4v) is 2.87. The molecule has 0 radical (unpaired) electrons. The molecule has 0 amide bonds. The Kier molecular flexibility index (Phi) is 3.88. The lowest BCUT2D eigenvalue weighted by molar-refractivity contribution is 0.0696. The molecule has 3 nitrogen and oxygen atoms in total. The Morgan fingerprint density at radius 1 is 1.23 bits per heavy atom. The molecule has 1 aliphatic rings. The zero-order valence-electron chi connectivity index (χ0n) is 12.9. The summed E-state index contributed by atoms with van der Waals surface area (Å²) in [6.07, 6.45) is 1.76. The zero-order chi connectivity index (χ0) is 15.7. The third-order valence-corrected chi connectivity index (χ3v) is 4.20. The Morgan fingerprint density at radius 2 is 2.05 bits per heavy atom. The van der Waals surface area contributed by atoms with Crippen LogP contribution in [0.15, 0.2) is 42.5 Å². The quantitative estimate of drug-likeness (QED) is 0.902. The van der Waals surface area contributed by atoms with Crippen molar-refractivity contribution in [3.63, 3.8) is 0 Å². The second-order valence-corrected chi connectivity index (χ2v) is 6.10. The Morgan fingerprint density at radius 3 is 2.77 bits per heavy atom. The number of carboxylic acids is 1. The van der Waals surface area contributed by atoms with Crippen molar-refractivity contribution in [2.45, 2.75) is 38.7 Å². The molecule has 1 aliphatic heterocycles. The molecule has 0 saturated carbocycles. The smallest absolute Gasteiger partial charge is 0.335 e. The van der Waals surface area contributed by atoms with Gasteiger partial charge in [0.15, 0.2) is 0 Å². The van der Waals surface area contributed by atoms with E-state index in [1.807, 2.05) is 12.1 Å². The third kappa shape index (κ3) is 2.84. The van der Waals surface area contributed by atoms with E-state index in [2.05, 4.69) is 26.0 Å². The summed E-state index contributed by atoms with van der Waals surface area (Å²) in [6, 6.07) is 13.4. The van der Waals surface area contributed by atoms with Crippen molar-refractivity contribution in [1.82, 2.24) is 0 Å². The molecule has 1 unspecified atom stereocenters. The molecule has 2 aromatic rings. The molecule has 0 fully saturated rings. The number of aromatic carboxylic acids is 1. The van der Waals surface area contributed by atoms with E-state index in [0.717, 1.165) is 24.2 Å². The van der Waals surface area contributed by atoms with Crippen LogP contribution in [-0.2, 0) is 6.42 Å².